The van der Waals surface area contributed by atoms with Gasteiger partial charge in [0.1, 0.15) is 0 Å². The van der Waals surface area contributed by atoms with Crippen LogP contribution in [0.25, 0.3) is 0 Å². The average molecular weight is 371 g/mol. The summed E-state index contributed by atoms with van der Waals surface area (Å²) >= 11 is 0. The summed E-state index contributed by atoms with van der Waals surface area (Å²) in [5.41, 5.74) is -0.0341. The molecule has 1 aromatic rings. The first-order valence-electron chi connectivity index (χ1n) is 7.50. The standard InChI is InChI=1S/C15H21N3O6S/c1-4-10(2)17-15(21)18-13(19)9-24-14(20)11-6-5-7-12(8-11)25(22,23)16-3/h5-8,10,16H,4,9H2,1-3H3,(H2,17,18,19,21)/t10-/m1/s1. The summed E-state index contributed by atoms with van der Waals surface area (Å²) in [6.45, 7) is 2.98. The van der Waals surface area contributed by atoms with E-state index >= 15 is 0 Å². The number of urea groups is 1. The summed E-state index contributed by atoms with van der Waals surface area (Å²) in [4.78, 5) is 34.8. The molecule has 3 N–H and O–H groups in total. The number of carbonyl (C=O) groups is 3. The fourth-order valence-electron chi connectivity index (χ4n) is 1.65. The van der Waals surface area contributed by atoms with Crippen molar-refractivity contribution in [1.29, 1.82) is 0 Å². The molecule has 0 spiro atoms. The highest BCUT2D eigenvalue weighted by molar-refractivity contribution is 7.89. The fraction of sp³-hybridized carbons (Fsp3) is 0.400. The maximum Gasteiger partial charge on any atom is 0.338 e. The van der Waals surface area contributed by atoms with E-state index in [1.165, 1.54) is 25.2 Å². The lowest BCUT2D eigenvalue weighted by Crippen LogP contribution is -2.44. The molecule has 0 aromatic heterocycles. The van der Waals surface area contributed by atoms with Gasteiger partial charge in [-0.25, -0.2) is 22.7 Å². The minimum Gasteiger partial charge on any atom is -0.452 e. The molecule has 0 aliphatic rings. The van der Waals surface area contributed by atoms with E-state index in [4.69, 9.17) is 4.74 Å². The van der Waals surface area contributed by atoms with Gasteiger partial charge in [-0.3, -0.25) is 10.1 Å². The van der Waals surface area contributed by atoms with Gasteiger partial charge in [0.25, 0.3) is 5.91 Å². The van der Waals surface area contributed by atoms with Crippen molar-refractivity contribution in [3.05, 3.63) is 29.8 Å². The average Bonchev–Trinajstić information content (AvgIpc) is 2.59. The van der Waals surface area contributed by atoms with Crippen LogP contribution in [0.15, 0.2) is 29.2 Å². The van der Waals surface area contributed by atoms with Crippen LogP contribution in [-0.4, -0.2) is 46.0 Å². The Kier molecular flexibility index (Phi) is 7.52. The normalized spacial score (nSPS) is 12.1. The summed E-state index contributed by atoms with van der Waals surface area (Å²) in [6.07, 6.45) is 0.697. The van der Waals surface area contributed by atoms with Crippen LogP contribution in [0.1, 0.15) is 30.6 Å². The molecule has 0 saturated carbocycles. The molecule has 0 saturated heterocycles. The van der Waals surface area contributed by atoms with Crippen molar-refractivity contribution in [3.8, 4) is 0 Å². The van der Waals surface area contributed by atoms with Crippen molar-refractivity contribution in [2.75, 3.05) is 13.7 Å². The molecule has 0 radical (unpaired) electrons. The van der Waals surface area contributed by atoms with Gasteiger partial charge < -0.3 is 10.1 Å². The number of hydrogen-bond acceptors (Lipinski definition) is 6. The second kappa shape index (κ2) is 9.14. The molecule has 0 unspecified atom stereocenters. The van der Waals surface area contributed by atoms with Gasteiger partial charge >= 0.3 is 12.0 Å². The number of carbonyl (C=O) groups excluding carboxylic acids is 3. The number of rotatable bonds is 7. The quantitative estimate of drug-likeness (QED) is 0.594. The van der Waals surface area contributed by atoms with E-state index in [2.05, 4.69) is 10.0 Å². The van der Waals surface area contributed by atoms with Crippen molar-refractivity contribution >= 4 is 27.9 Å². The number of nitrogens with one attached hydrogen (secondary N) is 3. The third-order valence-electron chi connectivity index (χ3n) is 3.23. The minimum absolute atomic E-state index is 0.0341. The van der Waals surface area contributed by atoms with E-state index in [-0.39, 0.29) is 16.5 Å². The second-order valence-corrected chi connectivity index (χ2v) is 7.03. The molecule has 0 heterocycles. The number of sulfonamides is 1. The van der Waals surface area contributed by atoms with Gasteiger partial charge in [0.15, 0.2) is 6.61 Å². The van der Waals surface area contributed by atoms with Crippen molar-refractivity contribution < 1.29 is 27.5 Å². The maximum atomic E-state index is 11.9. The zero-order chi connectivity index (χ0) is 19.0. The van der Waals surface area contributed by atoms with Crippen LogP contribution in [-0.2, 0) is 19.6 Å². The number of amides is 3. The number of ether oxygens (including phenoxy) is 1. The highest BCUT2D eigenvalue weighted by atomic mass is 32.2. The van der Waals surface area contributed by atoms with Gasteiger partial charge in [-0.15, -0.1) is 0 Å². The van der Waals surface area contributed by atoms with Crippen LogP contribution in [0.4, 0.5) is 4.79 Å². The molecule has 0 bridgehead atoms. The third kappa shape index (κ3) is 6.51. The maximum absolute atomic E-state index is 11.9. The van der Waals surface area contributed by atoms with E-state index in [1.807, 2.05) is 12.2 Å². The Morgan fingerprint density at radius 1 is 1.24 bits per heavy atom. The number of esters is 1. The zero-order valence-electron chi connectivity index (χ0n) is 14.2. The predicted octanol–water partition coefficient (Wildman–Crippen LogP) is 0.376. The molecule has 25 heavy (non-hydrogen) atoms. The smallest absolute Gasteiger partial charge is 0.338 e. The highest BCUT2D eigenvalue weighted by Crippen LogP contribution is 2.12. The van der Waals surface area contributed by atoms with Gasteiger partial charge in [0, 0.05) is 6.04 Å². The zero-order valence-corrected chi connectivity index (χ0v) is 15.0. The monoisotopic (exact) mass is 371 g/mol. The highest BCUT2D eigenvalue weighted by Gasteiger charge is 2.17. The van der Waals surface area contributed by atoms with Crippen LogP contribution < -0.4 is 15.4 Å². The van der Waals surface area contributed by atoms with E-state index in [0.717, 1.165) is 6.07 Å². The molecule has 138 valence electrons. The van der Waals surface area contributed by atoms with Crippen LogP contribution >= 0.6 is 0 Å². The summed E-state index contributed by atoms with van der Waals surface area (Å²) in [7, 11) is -2.46. The Labute approximate surface area is 146 Å². The Morgan fingerprint density at radius 3 is 2.52 bits per heavy atom. The Bertz CT molecular complexity index is 747. The number of hydrogen-bond donors (Lipinski definition) is 3. The van der Waals surface area contributed by atoms with Gasteiger partial charge in [0.05, 0.1) is 10.5 Å². The predicted molar refractivity (Wildman–Crippen MR) is 89.4 cm³/mol. The number of imide groups is 1. The van der Waals surface area contributed by atoms with Gasteiger partial charge in [-0.05, 0) is 38.6 Å². The van der Waals surface area contributed by atoms with Gasteiger partial charge in [-0.2, -0.15) is 0 Å². The molecular weight excluding hydrogens is 350 g/mol. The molecule has 1 rings (SSSR count). The van der Waals surface area contributed by atoms with Crippen molar-refractivity contribution in [1.82, 2.24) is 15.4 Å². The first-order valence-corrected chi connectivity index (χ1v) is 8.99. The van der Waals surface area contributed by atoms with E-state index in [9.17, 15) is 22.8 Å². The number of benzene rings is 1. The molecule has 0 aliphatic heterocycles. The van der Waals surface area contributed by atoms with Gasteiger partial charge in [0.2, 0.25) is 10.0 Å². The summed E-state index contributed by atoms with van der Waals surface area (Å²) in [6, 6.07) is 4.38. The van der Waals surface area contributed by atoms with Crippen LogP contribution in [0.5, 0.6) is 0 Å². The van der Waals surface area contributed by atoms with E-state index < -0.39 is 34.5 Å². The second-order valence-electron chi connectivity index (χ2n) is 5.14. The summed E-state index contributed by atoms with van der Waals surface area (Å²) in [5, 5.41) is 4.55. The molecule has 0 aliphatic carbocycles. The third-order valence-corrected chi connectivity index (χ3v) is 4.64. The Balaban J connectivity index is 2.61. The largest absolute Gasteiger partial charge is 0.452 e. The molecule has 3 amide bonds. The van der Waals surface area contributed by atoms with Crippen molar-refractivity contribution in [2.24, 2.45) is 0 Å². The molecule has 0 fully saturated rings. The molecule has 1 aromatic carbocycles. The van der Waals surface area contributed by atoms with Crippen molar-refractivity contribution in [2.45, 2.75) is 31.2 Å². The first kappa shape index (κ1) is 20.6. The molecule has 9 nitrogen and oxygen atoms in total. The first-order chi connectivity index (χ1) is 11.7. The molecule has 1 atom stereocenters. The summed E-state index contributed by atoms with van der Waals surface area (Å²) in [5.74, 6) is -1.68. The lowest BCUT2D eigenvalue weighted by atomic mass is 10.2. The lowest BCUT2D eigenvalue weighted by molar-refractivity contribution is -0.123. The molecule has 10 heteroatoms. The van der Waals surface area contributed by atoms with E-state index in [1.54, 1.807) is 6.92 Å². The van der Waals surface area contributed by atoms with Crippen molar-refractivity contribution in [3.63, 3.8) is 0 Å². The summed E-state index contributed by atoms with van der Waals surface area (Å²) < 4.78 is 30.3. The van der Waals surface area contributed by atoms with E-state index in [0.29, 0.717) is 6.42 Å². The van der Waals surface area contributed by atoms with Crippen LogP contribution in [0, 0.1) is 0 Å². The lowest BCUT2D eigenvalue weighted by Gasteiger charge is -2.12. The van der Waals surface area contributed by atoms with Crippen LogP contribution in [0.2, 0.25) is 0 Å². The topological polar surface area (TPSA) is 131 Å². The van der Waals surface area contributed by atoms with Gasteiger partial charge in [-0.1, -0.05) is 13.0 Å². The molecular formula is C15H21N3O6S. The van der Waals surface area contributed by atoms with Crippen LogP contribution in [0.3, 0.4) is 0 Å². The SMILES string of the molecule is CC[C@@H](C)NC(=O)NC(=O)COC(=O)c1cccc(S(=O)(=O)NC)c1. The fourth-order valence-corrected chi connectivity index (χ4v) is 2.42. The Hall–Kier alpha value is -2.46. The Morgan fingerprint density at radius 2 is 1.92 bits per heavy atom. The minimum atomic E-state index is -3.71.